The molecule has 408 valence electrons. The number of phosphoric ester groups is 1. The summed E-state index contributed by atoms with van der Waals surface area (Å²) in [6.45, 7) is 4.42. The number of hydrogen-bond donors (Lipinski definition) is 1. The lowest BCUT2D eigenvalue weighted by atomic mass is 10.0. The third kappa shape index (κ3) is 55.0. The number of esters is 2. The molecule has 0 aromatic carbocycles. The zero-order chi connectivity index (χ0) is 51.3. The van der Waals surface area contributed by atoms with Gasteiger partial charge in [0.05, 0.1) is 27.7 Å². The molecule has 1 N–H and O–H groups in total. The summed E-state index contributed by atoms with van der Waals surface area (Å²) in [5, 5.41) is 0. The van der Waals surface area contributed by atoms with Gasteiger partial charge in [-0.25, -0.2) is 4.57 Å². The van der Waals surface area contributed by atoms with Crippen LogP contribution in [0.4, 0.5) is 0 Å². The highest BCUT2D eigenvalue weighted by molar-refractivity contribution is 7.47. The van der Waals surface area contributed by atoms with Gasteiger partial charge in [0.15, 0.2) is 6.10 Å². The van der Waals surface area contributed by atoms with Crippen molar-refractivity contribution in [2.75, 3.05) is 47.5 Å². The summed E-state index contributed by atoms with van der Waals surface area (Å²) in [6, 6.07) is 0. The molecule has 0 amide bonds. The van der Waals surface area contributed by atoms with Gasteiger partial charge in [0, 0.05) is 12.8 Å². The molecule has 0 aliphatic rings. The van der Waals surface area contributed by atoms with Gasteiger partial charge in [-0.15, -0.1) is 0 Å². The van der Waals surface area contributed by atoms with Crippen LogP contribution in [0, 0.1) is 0 Å². The van der Waals surface area contributed by atoms with Crippen molar-refractivity contribution in [2.45, 2.75) is 264 Å². The van der Waals surface area contributed by atoms with E-state index in [1.807, 2.05) is 21.1 Å². The summed E-state index contributed by atoms with van der Waals surface area (Å²) in [4.78, 5) is 35.7. The molecular weight excluding hydrogens is 894 g/mol. The second-order valence-corrected chi connectivity index (χ2v) is 22.1. The van der Waals surface area contributed by atoms with Crippen LogP contribution in [0.25, 0.3) is 0 Å². The number of ether oxygens (including phenoxy) is 2. The minimum Gasteiger partial charge on any atom is -0.462 e. The Hall–Kier alpha value is -2.29. The fourth-order valence-corrected chi connectivity index (χ4v) is 8.74. The van der Waals surface area contributed by atoms with Crippen LogP contribution in [0.15, 0.2) is 60.8 Å². The highest BCUT2D eigenvalue weighted by Crippen LogP contribution is 2.43. The van der Waals surface area contributed by atoms with Crippen LogP contribution < -0.4 is 0 Å². The Morgan fingerprint density at radius 3 is 1.14 bits per heavy atom. The molecule has 0 aliphatic carbocycles. The molecule has 0 bridgehead atoms. The highest BCUT2D eigenvalue weighted by atomic mass is 31.2. The van der Waals surface area contributed by atoms with Gasteiger partial charge in [0.25, 0.3) is 0 Å². The summed E-state index contributed by atoms with van der Waals surface area (Å²) < 4.78 is 34.6. The first-order chi connectivity index (χ1) is 34.0. The maximum Gasteiger partial charge on any atom is 0.472 e. The molecule has 2 unspecified atom stereocenters. The molecule has 0 spiro atoms. The topological polar surface area (TPSA) is 108 Å². The van der Waals surface area contributed by atoms with Crippen molar-refractivity contribution in [3.05, 3.63) is 60.8 Å². The number of carbonyl (C=O) groups is 2. The summed E-state index contributed by atoms with van der Waals surface area (Å²) >= 11 is 0. The van der Waals surface area contributed by atoms with Gasteiger partial charge >= 0.3 is 19.8 Å². The zero-order valence-corrected chi connectivity index (χ0v) is 47.1. The number of rotatable bonds is 53. The van der Waals surface area contributed by atoms with Crippen LogP contribution in [-0.4, -0.2) is 74.9 Å². The van der Waals surface area contributed by atoms with E-state index < -0.39 is 26.5 Å². The molecule has 0 rings (SSSR count). The third-order valence-electron chi connectivity index (χ3n) is 12.5. The Morgan fingerprint density at radius 1 is 0.443 bits per heavy atom. The molecule has 0 saturated carbocycles. The second kappa shape index (κ2) is 51.6. The number of hydrogen-bond acceptors (Lipinski definition) is 7. The Kier molecular flexibility index (Phi) is 49.9. The van der Waals surface area contributed by atoms with Crippen molar-refractivity contribution in [1.29, 1.82) is 0 Å². The predicted octanol–water partition coefficient (Wildman–Crippen LogP) is 17.9. The average molecular weight is 1010 g/mol. The largest absolute Gasteiger partial charge is 0.472 e. The van der Waals surface area contributed by atoms with Gasteiger partial charge < -0.3 is 18.9 Å². The maximum absolute atomic E-state index is 12.8. The molecule has 0 aliphatic heterocycles. The minimum atomic E-state index is -4.39. The molecule has 70 heavy (non-hydrogen) atoms. The SMILES string of the molecule is CCCCCCC/C=C\C/C=C\C/C=C\CCCCCCCCCCCCC(=O)OC(COC(=O)CCCCCCCCCCC/C=C\C/C=C\CCCCCCC)COP(=O)(O)OCC[N+](C)(C)C. The standard InChI is InChI=1S/C60H110NO8P/c1-6-8-10-12-14-16-18-20-22-24-26-28-29-30-31-33-35-37-39-41-43-45-47-49-51-53-60(63)69-58(57-68-70(64,65)67-55-54-61(3,4)5)56-66-59(62)52-50-48-46-44-42-40-38-36-34-32-27-25-23-21-19-17-15-13-11-9-7-2/h18-21,24-27,29-30,58H,6-17,22-23,28,31-57H2,1-5H3/p+1/b20-18-,21-19-,26-24-,27-25-,30-29-. The fraction of sp³-hybridized carbons (Fsp3) is 0.800. The number of phosphoric acid groups is 1. The fourth-order valence-electron chi connectivity index (χ4n) is 7.99. The lowest BCUT2D eigenvalue weighted by molar-refractivity contribution is -0.870. The lowest BCUT2D eigenvalue weighted by Gasteiger charge is -2.24. The molecule has 0 fully saturated rings. The van der Waals surface area contributed by atoms with E-state index in [0.717, 1.165) is 57.8 Å². The Bertz CT molecular complexity index is 1370. The van der Waals surface area contributed by atoms with E-state index in [0.29, 0.717) is 17.4 Å². The first-order valence-electron chi connectivity index (χ1n) is 29.0. The number of carbonyl (C=O) groups excluding carboxylic acids is 2. The predicted molar refractivity (Wildman–Crippen MR) is 298 cm³/mol. The van der Waals surface area contributed by atoms with Crippen LogP contribution in [0.3, 0.4) is 0 Å². The molecule has 2 atom stereocenters. The molecule has 10 heteroatoms. The van der Waals surface area contributed by atoms with E-state index in [9.17, 15) is 19.0 Å². The number of allylic oxidation sites excluding steroid dienone is 10. The zero-order valence-electron chi connectivity index (χ0n) is 46.2. The smallest absolute Gasteiger partial charge is 0.462 e. The summed E-state index contributed by atoms with van der Waals surface area (Å²) in [7, 11) is 1.47. The monoisotopic (exact) mass is 1000 g/mol. The van der Waals surface area contributed by atoms with E-state index in [-0.39, 0.29) is 32.0 Å². The second-order valence-electron chi connectivity index (χ2n) is 20.7. The molecule has 0 aromatic heterocycles. The number of quaternary nitrogens is 1. The van der Waals surface area contributed by atoms with Crippen molar-refractivity contribution in [3.63, 3.8) is 0 Å². The molecule has 0 saturated heterocycles. The molecule has 9 nitrogen and oxygen atoms in total. The minimum absolute atomic E-state index is 0.0285. The normalized spacial score (nSPS) is 13.7. The van der Waals surface area contributed by atoms with Crippen LogP contribution in [0.5, 0.6) is 0 Å². The van der Waals surface area contributed by atoms with Gasteiger partial charge in [-0.2, -0.15) is 0 Å². The van der Waals surface area contributed by atoms with E-state index in [2.05, 4.69) is 74.6 Å². The number of unbranched alkanes of at least 4 members (excludes halogenated alkanes) is 29. The van der Waals surface area contributed by atoms with Gasteiger partial charge in [-0.1, -0.05) is 222 Å². The third-order valence-corrected chi connectivity index (χ3v) is 13.5. The lowest BCUT2D eigenvalue weighted by Crippen LogP contribution is -2.37. The average Bonchev–Trinajstić information content (AvgIpc) is 3.32. The van der Waals surface area contributed by atoms with Gasteiger partial charge in [0.2, 0.25) is 0 Å². The quantitative estimate of drug-likeness (QED) is 0.0211. The number of likely N-dealkylation sites (N-methyl/N-ethyl adjacent to an activating group) is 1. The Labute approximate surface area is 432 Å². The van der Waals surface area contributed by atoms with Crippen molar-refractivity contribution < 1.29 is 42.1 Å². The van der Waals surface area contributed by atoms with Gasteiger partial charge in [-0.3, -0.25) is 18.6 Å². The van der Waals surface area contributed by atoms with E-state index in [4.69, 9.17) is 18.5 Å². The van der Waals surface area contributed by atoms with Crippen LogP contribution in [-0.2, 0) is 32.7 Å². The van der Waals surface area contributed by atoms with Crippen molar-refractivity contribution in [3.8, 4) is 0 Å². The molecule has 0 radical (unpaired) electrons. The van der Waals surface area contributed by atoms with Crippen molar-refractivity contribution in [1.82, 2.24) is 0 Å². The van der Waals surface area contributed by atoms with Crippen LogP contribution in [0.1, 0.15) is 258 Å². The summed E-state index contributed by atoms with van der Waals surface area (Å²) in [5.74, 6) is -0.802. The number of nitrogens with zero attached hydrogens (tertiary/aromatic N) is 1. The summed E-state index contributed by atoms with van der Waals surface area (Å²) in [6.07, 6.45) is 65.6. The van der Waals surface area contributed by atoms with Crippen LogP contribution in [0.2, 0.25) is 0 Å². The molecular formula is C60H111NO8P+. The first-order valence-corrected chi connectivity index (χ1v) is 30.5. The highest BCUT2D eigenvalue weighted by Gasteiger charge is 2.27. The Balaban J connectivity index is 4.19. The van der Waals surface area contributed by atoms with E-state index in [1.165, 1.54) is 167 Å². The van der Waals surface area contributed by atoms with Gasteiger partial charge in [-0.05, 0) is 83.5 Å². The van der Waals surface area contributed by atoms with E-state index in [1.54, 1.807) is 0 Å². The van der Waals surface area contributed by atoms with Crippen molar-refractivity contribution >= 4 is 19.8 Å². The Morgan fingerprint density at radius 2 is 0.771 bits per heavy atom. The molecule has 0 heterocycles. The summed E-state index contributed by atoms with van der Waals surface area (Å²) in [5.41, 5.74) is 0. The molecule has 0 aromatic rings. The maximum atomic E-state index is 12.8. The van der Waals surface area contributed by atoms with Gasteiger partial charge in [0.1, 0.15) is 19.8 Å². The van der Waals surface area contributed by atoms with E-state index >= 15 is 0 Å². The van der Waals surface area contributed by atoms with Crippen LogP contribution >= 0.6 is 7.82 Å². The first kappa shape index (κ1) is 67.7. The van der Waals surface area contributed by atoms with Crippen molar-refractivity contribution in [2.24, 2.45) is 0 Å².